The van der Waals surface area contributed by atoms with Gasteiger partial charge < -0.3 is 10.9 Å². The molecular formula is C11H12N4O2S. The Kier molecular flexibility index (Phi) is 3.52. The third kappa shape index (κ3) is 2.45. The Morgan fingerprint density at radius 2 is 2.22 bits per heavy atom. The molecule has 18 heavy (non-hydrogen) atoms. The molecule has 0 spiro atoms. The van der Waals surface area contributed by atoms with Crippen LogP contribution in [0.15, 0.2) is 34.2 Å². The van der Waals surface area contributed by atoms with Crippen molar-refractivity contribution in [3.05, 3.63) is 45.9 Å². The van der Waals surface area contributed by atoms with Crippen LogP contribution in [0.5, 0.6) is 5.75 Å². The van der Waals surface area contributed by atoms with Crippen LogP contribution in [0.1, 0.15) is 11.3 Å². The molecule has 7 heteroatoms. The van der Waals surface area contributed by atoms with Crippen molar-refractivity contribution in [3.8, 4) is 5.75 Å². The Labute approximate surface area is 107 Å². The molecule has 0 radical (unpaired) electrons. The van der Waals surface area contributed by atoms with Crippen LogP contribution in [0.4, 0.5) is 0 Å². The van der Waals surface area contributed by atoms with Crippen LogP contribution in [0.25, 0.3) is 0 Å². The highest BCUT2D eigenvalue weighted by molar-refractivity contribution is 7.98. The maximum atomic E-state index is 11.9. The van der Waals surface area contributed by atoms with Gasteiger partial charge in [0.05, 0.1) is 0 Å². The Bertz CT molecular complexity index is 627. The number of rotatable bonds is 3. The lowest BCUT2D eigenvalue weighted by Crippen LogP contribution is -2.33. The number of phenols is 1. The van der Waals surface area contributed by atoms with Crippen LogP contribution in [-0.2, 0) is 6.42 Å². The van der Waals surface area contributed by atoms with Crippen molar-refractivity contribution in [1.29, 1.82) is 0 Å². The Balaban J connectivity index is 2.36. The van der Waals surface area contributed by atoms with E-state index >= 15 is 0 Å². The summed E-state index contributed by atoms with van der Waals surface area (Å²) in [6, 6.07) is 6.64. The molecule has 0 aliphatic heterocycles. The number of thioether (sulfide) groups is 1. The normalized spacial score (nSPS) is 10.5. The number of aromatic hydroxyl groups is 1. The summed E-state index contributed by atoms with van der Waals surface area (Å²) in [5.74, 6) is 5.76. The Hall–Kier alpha value is -2.02. The van der Waals surface area contributed by atoms with Crippen LogP contribution in [0.3, 0.4) is 0 Å². The number of hydrogen-bond acceptors (Lipinski definition) is 6. The summed E-state index contributed by atoms with van der Waals surface area (Å²) in [5, 5.41) is 17.4. The van der Waals surface area contributed by atoms with Crippen LogP contribution in [-0.4, -0.2) is 26.2 Å². The molecule has 0 saturated carbocycles. The highest BCUT2D eigenvalue weighted by atomic mass is 32.2. The zero-order chi connectivity index (χ0) is 13.1. The number of nitrogens with zero attached hydrogens (tertiary/aromatic N) is 3. The second kappa shape index (κ2) is 5.09. The van der Waals surface area contributed by atoms with Gasteiger partial charge >= 0.3 is 0 Å². The molecule has 2 rings (SSSR count). The standard InChI is InChI=1S/C11H12N4O2S/c1-18-11-14-13-9(10(17)15(11)12)6-7-3-2-4-8(16)5-7/h2-5,16H,6,12H2,1H3. The molecule has 1 aromatic carbocycles. The van der Waals surface area contributed by atoms with Gasteiger partial charge in [-0.25, -0.2) is 0 Å². The number of nitrogen functional groups attached to an aromatic ring is 1. The van der Waals surface area contributed by atoms with Gasteiger partial charge in [-0.1, -0.05) is 23.9 Å². The van der Waals surface area contributed by atoms with Crippen LogP contribution < -0.4 is 11.4 Å². The van der Waals surface area contributed by atoms with E-state index in [1.165, 1.54) is 11.8 Å². The van der Waals surface area contributed by atoms with E-state index in [4.69, 9.17) is 5.84 Å². The Morgan fingerprint density at radius 3 is 2.89 bits per heavy atom. The molecule has 6 nitrogen and oxygen atoms in total. The highest BCUT2D eigenvalue weighted by Crippen LogP contribution is 2.13. The van der Waals surface area contributed by atoms with E-state index in [1.807, 2.05) is 0 Å². The summed E-state index contributed by atoms with van der Waals surface area (Å²) in [6.07, 6.45) is 2.05. The molecule has 0 fully saturated rings. The third-order valence-corrected chi connectivity index (χ3v) is 3.04. The summed E-state index contributed by atoms with van der Waals surface area (Å²) in [4.78, 5) is 11.9. The van der Waals surface area contributed by atoms with Gasteiger partial charge in [0.15, 0.2) is 0 Å². The minimum Gasteiger partial charge on any atom is -0.508 e. The molecule has 0 unspecified atom stereocenters. The first-order valence-corrected chi connectivity index (χ1v) is 6.40. The number of benzene rings is 1. The van der Waals surface area contributed by atoms with E-state index in [-0.39, 0.29) is 23.4 Å². The van der Waals surface area contributed by atoms with Gasteiger partial charge in [-0.3, -0.25) is 4.79 Å². The van der Waals surface area contributed by atoms with Crippen molar-refractivity contribution in [2.24, 2.45) is 0 Å². The summed E-state index contributed by atoms with van der Waals surface area (Å²) in [5.41, 5.74) is 0.650. The number of hydrogen-bond donors (Lipinski definition) is 2. The quantitative estimate of drug-likeness (QED) is 0.614. The third-order valence-electron chi connectivity index (χ3n) is 2.39. The van der Waals surface area contributed by atoms with Crippen LogP contribution in [0.2, 0.25) is 0 Å². The van der Waals surface area contributed by atoms with Gasteiger partial charge in [0, 0.05) is 6.42 Å². The van der Waals surface area contributed by atoms with Crippen molar-refractivity contribution in [1.82, 2.24) is 14.9 Å². The van der Waals surface area contributed by atoms with E-state index in [1.54, 1.807) is 30.5 Å². The predicted molar refractivity (Wildman–Crippen MR) is 69.1 cm³/mol. The average molecular weight is 264 g/mol. The highest BCUT2D eigenvalue weighted by Gasteiger charge is 2.10. The molecule has 0 saturated heterocycles. The van der Waals surface area contributed by atoms with Crippen molar-refractivity contribution < 1.29 is 5.11 Å². The van der Waals surface area contributed by atoms with E-state index in [0.29, 0.717) is 5.16 Å². The van der Waals surface area contributed by atoms with Crippen LogP contribution in [0, 0.1) is 0 Å². The first-order valence-electron chi connectivity index (χ1n) is 5.17. The van der Waals surface area contributed by atoms with E-state index < -0.39 is 0 Å². The molecule has 1 aromatic heterocycles. The average Bonchev–Trinajstić information content (AvgIpc) is 2.35. The monoisotopic (exact) mass is 264 g/mol. The SMILES string of the molecule is CSc1nnc(Cc2cccc(O)c2)c(=O)n1N. The fourth-order valence-electron chi connectivity index (χ4n) is 1.53. The zero-order valence-corrected chi connectivity index (χ0v) is 10.5. The van der Waals surface area contributed by atoms with Gasteiger partial charge in [0.2, 0.25) is 5.16 Å². The number of nitrogens with two attached hydrogens (primary N) is 1. The maximum absolute atomic E-state index is 11.9. The fraction of sp³-hybridized carbons (Fsp3) is 0.182. The van der Waals surface area contributed by atoms with Crippen molar-refractivity contribution in [3.63, 3.8) is 0 Å². The minimum atomic E-state index is -0.377. The predicted octanol–water partition coefficient (Wildman–Crippen LogP) is 0.370. The second-order valence-electron chi connectivity index (χ2n) is 3.66. The van der Waals surface area contributed by atoms with Crippen molar-refractivity contribution in [2.75, 3.05) is 12.1 Å². The molecule has 2 aromatic rings. The topological polar surface area (TPSA) is 94.0 Å². The summed E-state index contributed by atoms with van der Waals surface area (Å²) in [7, 11) is 0. The molecule has 0 atom stereocenters. The molecule has 0 bridgehead atoms. The molecule has 94 valence electrons. The molecule has 1 heterocycles. The lowest BCUT2D eigenvalue weighted by atomic mass is 10.1. The van der Waals surface area contributed by atoms with Gasteiger partial charge in [-0.05, 0) is 24.0 Å². The molecular weight excluding hydrogens is 252 g/mol. The number of aromatic nitrogens is 3. The first-order chi connectivity index (χ1) is 8.61. The van der Waals surface area contributed by atoms with Crippen molar-refractivity contribution in [2.45, 2.75) is 11.6 Å². The Morgan fingerprint density at radius 1 is 1.44 bits per heavy atom. The largest absolute Gasteiger partial charge is 0.508 e. The molecule has 0 amide bonds. The lowest BCUT2D eigenvalue weighted by Gasteiger charge is -2.05. The number of phenolic OH excluding ortho intramolecular Hbond substituents is 1. The first kappa shape index (κ1) is 12.4. The summed E-state index contributed by atoms with van der Waals surface area (Å²) >= 11 is 1.25. The van der Waals surface area contributed by atoms with Gasteiger partial charge in [0.1, 0.15) is 11.4 Å². The maximum Gasteiger partial charge on any atom is 0.294 e. The minimum absolute atomic E-state index is 0.147. The van der Waals surface area contributed by atoms with Gasteiger partial charge in [-0.15, -0.1) is 10.2 Å². The summed E-state index contributed by atoms with van der Waals surface area (Å²) < 4.78 is 0.982. The van der Waals surface area contributed by atoms with Crippen LogP contribution >= 0.6 is 11.8 Å². The smallest absolute Gasteiger partial charge is 0.294 e. The van der Waals surface area contributed by atoms with Gasteiger partial charge in [0.25, 0.3) is 5.56 Å². The van der Waals surface area contributed by atoms with Crippen molar-refractivity contribution >= 4 is 11.8 Å². The van der Waals surface area contributed by atoms with Gasteiger partial charge in [-0.2, -0.15) is 4.68 Å². The molecule has 0 aliphatic carbocycles. The zero-order valence-electron chi connectivity index (χ0n) is 9.70. The van der Waals surface area contributed by atoms with E-state index in [9.17, 15) is 9.90 Å². The lowest BCUT2D eigenvalue weighted by molar-refractivity contribution is 0.474. The molecule has 0 aliphatic rings. The second-order valence-corrected chi connectivity index (χ2v) is 4.43. The van der Waals surface area contributed by atoms with E-state index in [0.717, 1.165) is 10.2 Å². The van der Waals surface area contributed by atoms with E-state index in [2.05, 4.69) is 10.2 Å². The fourth-order valence-corrected chi connectivity index (χ4v) is 1.93. The molecule has 3 N–H and O–H groups in total. The summed E-state index contributed by atoms with van der Waals surface area (Å²) in [6.45, 7) is 0.